The molecule has 8 nitrogen and oxygen atoms in total. The minimum Gasteiger partial charge on any atom is -0.488 e. The van der Waals surface area contributed by atoms with Crippen molar-refractivity contribution in [2.24, 2.45) is 0 Å². The molecule has 0 radical (unpaired) electrons. The standard InChI is InChI=1S/C26H23FN2O6/c1-31-12-13-33-21-7-6-16(14-19(21)27)22-18(15-28)25(29-8-10-32-11-9-29)35-26-23(22)24(30)17-4-2-3-5-20(17)34-26/h2-7,14,22H,8-13H2,1H3/t22-/m0/s1. The Labute approximate surface area is 200 Å². The predicted molar refractivity (Wildman–Crippen MR) is 124 cm³/mol. The van der Waals surface area contributed by atoms with Crippen molar-refractivity contribution >= 4 is 11.0 Å². The van der Waals surface area contributed by atoms with E-state index in [9.17, 15) is 10.1 Å². The van der Waals surface area contributed by atoms with Crippen LogP contribution in [0.2, 0.25) is 0 Å². The van der Waals surface area contributed by atoms with E-state index in [0.717, 1.165) is 0 Å². The molecule has 2 aliphatic heterocycles. The van der Waals surface area contributed by atoms with Crippen molar-refractivity contribution in [2.45, 2.75) is 5.92 Å². The van der Waals surface area contributed by atoms with E-state index in [2.05, 4.69) is 6.07 Å². The fourth-order valence-corrected chi connectivity index (χ4v) is 4.37. The van der Waals surface area contributed by atoms with Gasteiger partial charge in [0.25, 0.3) is 5.95 Å². The normalized spacial score (nSPS) is 17.6. The molecule has 0 amide bonds. The van der Waals surface area contributed by atoms with E-state index < -0.39 is 11.7 Å². The van der Waals surface area contributed by atoms with E-state index in [0.29, 0.717) is 49.4 Å². The summed E-state index contributed by atoms with van der Waals surface area (Å²) in [5.41, 5.74) is 0.807. The van der Waals surface area contributed by atoms with Crippen molar-refractivity contribution < 1.29 is 27.8 Å². The van der Waals surface area contributed by atoms with Crippen molar-refractivity contribution in [3.63, 3.8) is 0 Å². The molecule has 180 valence electrons. The van der Waals surface area contributed by atoms with Gasteiger partial charge >= 0.3 is 0 Å². The van der Waals surface area contributed by atoms with Crippen LogP contribution < -0.4 is 14.9 Å². The second kappa shape index (κ2) is 9.78. The second-order valence-corrected chi connectivity index (χ2v) is 8.12. The van der Waals surface area contributed by atoms with Gasteiger partial charge in [-0.3, -0.25) is 4.79 Å². The van der Waals surface area contributed by atoms with Crippen molar-refractivity contribution in [3.8, 4) is 17.8 Å². The van der Waals surface area contributed by atoms with Crippen LogP contribution in [0.3, 0.4) is 0 Å². The molecular formula is C26H23FN2O6. The Morgan fingerprint density at radius 1 is 1.17 bits per heavy atom. The van der Waals surface area contributed by atoms with Gasteiger partial charge in [-0.1, -0.05) is 18.2 Å². The van der Waals surface area contributed by atoms with E-state index in [1.54, 1.807) is 30.3 Å². The van der Waals surface area contributed by atoms with Crippen LogP contribution in [0.1, 0.15) is 17.0 Å². The third-order valence-electron chi connectivity index (χ3n) is 6.05. The highest BCUT2D eigenvalue weighted by molar-refractivity contribution is 5.78. The number of rotatable bonds is 6. The fourth-order valence-electron chi connectivity index (χ4n) is 4.37. The molecule has 0 N–H and O–H groups in total. The number of methoxy groups -OCH3 is 1. The highest BCUT2D eigenvalue weighted by Crippen LogP contribution is 2.44. The second-order valence-electron chi connectivity index (χ2n) is 8.12. The van der Waals surface area contributed by atoms with Gasteiger partial charge in [0.1, 0.15) is 23.8 Å². The van der Waals surface area contributed by atoms with Gasteiger partial charge in [0, 0.05) is 20.2 Å². The van der Waals surface area contributed by atoms with Gasteiger partial charge in [-0.25, -0.2) is 4.39 Å². The Hall–Kier alpha value is -3.87. The van der Waals surface area contributed by atoms with Crippen molar-refractivity contribution in [2.75, 3.05) is 46.6 Å². The number of benzene rings is 2. The van der Waals surface area contributed by atoms with Crippen LogP contribution in [0.15, 0.2) is 63.1 Å². The zero-order valence-electron chi connectivity index (χ0n) is 19.1. The quantitative estimate of drug-likeness (QED) is 0.497. The molecule has 3 aromatic rings. The van der Waals surface area contributed by atoms with Crippen LogP contribution in [-0.2, 0) is 9.47 Å². The maximum absolute atomic E-state index is 15.0. The van der Waals surface area contributed by atoms with E-state index in [1.165, 1.54) is 19.2 Å². The summed E-state index contributed by atoms with van der Waals surface area (Å²) in [6, 6.07) is 13.5. The van der Waals surface area contributed by atoms with Crippen LogP contribution in [0.25, 0.3) is 11.0 Å². The van der Waals surface area contributed by atoms with E-state index in [1.807, 2.05) is 4.90 Å². The number of hydrogen-bond acceptors (Lipinski definition) is 8. The first-order valence-electron chi connectivity index (χ1n) is 11.2. The lowest BCUT2D eigenvalue weighted by atomic mass is 9.84. The molecule has 0 saturated carbocycles. The highest BCUT2D eigenvalue weighted by Gasteiger charge is 2.39. The monoisotopic (exact) mass is 478 g/mol. The lowest BCUT2D eigenvalue weighted by molar-refractivity contribution is 0.0294. The van der Waals surface area contributed by atoms with Crippen molar-refractivity contribution in [1.82, 2.24) is 4.90 Å². The molecule has 0 aliphatic carbocycles. The number of halogens is 1. The Balaban J connectivity index is 1.68. The first-order valence-corrected chi connectivity index (χ1v) is 11.2. The summed E-state index contributed by atoms with van der Waals surface area (Å²) in [6.45, 7) is 2.43. The van der Waals surface area contributed by atoms with E-state index in [-0.39, 0.29) is 40.8 Å². The Morgan fingerprint density at radius 2 is 1.97 bits per heavy atom. The van der Waals surface area contributed by atoms with Gasteiger partial charge < -0.3 is 28.3 Å². The van der Waals surface area contributed by atoms with Gasteiger partial charge in [0.15, 0.2) is 11.6 Å². The molecule has 9 heteroatoms. The summed E-state index contributed by atoms with van der Waals surface area (Å²) in [7, 11) is 1.53. The number of morpholine rings is 1. The van der Waals surface area contributed by atoms with Crippen LogP contribution in [0.4, 0.5) is 4.39 Å². The van der Waals surface area contributed by atoms with Gasteiger partial charge in [0.2, 0.25) is 11.3 Å². The van der Waals surface area contributed by atoms with Gasteiger partial charge in [-0.05, 0) is 29.8 Å². The van der Waals surface area contributed by atoms with Crippen molar-refractivity contribution in [3.05, 3.63) is 81.1 Å². The summed E-state index contributed by atoms with van der Waals surface area (Å²) >= 11 is 0. The number of ether oxygens (including phenoxy) is 4. The Kier molecular flexibility index (Phi) is 6.40. The summed E-state index contributed by atoms with van der Waals surface area (Å²) in [6.07, 6.45) is 0. The molecule has 0 bridgehead atoms. The molecule has 5 rings (SSSR count). The Bertz CT molecular complexity index is 1390. The van der Waals surface area contributed by atoms with Gasteiger partial charge in [-0.15, -0.1) is 0 Å². The molecule has 2 aromatic carbocycles. The SMILES string of the molecule is COCCOc1ccc([C@H]2C(C#N)=C(N3CCOCC3)Oc3oc4ccccc4c(=O)c32)cc1F. The smallest absolute Gasteiger partial charge is 0.300 e. The van der Waals surface area contributed by atoms with E-state index >= 15 is 4.39 Å². The lowest BCUT2D eigenvalue weighted by Gasteiger charge is -2.35. The van der Waals surface area contributed by atoms with Crippen LogP contribution in [0.5, 0.6) is 11.7 Å². The maximum Gasteiger partial charge on any atom is 0.300 e. The minimum absolute atomic E-state index is 0.0000195. The molecule has 0 unspecified atom stereocenters. The molecule has 0 spiro atoms. The van der Waals surface area contributed by atoms with Gasteiger partial charge in [-0.2, -0.15) is 5.26 Å². The lowest BCUT2D eigenvalue weighted by Crippen LogP contribution is -2.40. The first-order chi connectivity index (χ1) is 17.1. The highest BCUT2D eigenvalue weighted by atomic mass is 19.1. The molecule has 1 atom stereocenters. The minimum atomic E-state index is -0.884. The summed E-state index contributed by atoms with van der Waals surface area (Å²) < 4.78 is 42.9. The molecule has 1 saturated heterocycles. The van der Waals surface area contributed by atoms with Crippen LogP contribution in [0, 0.1) is 17.1 Å². The first kappa shape index (κ1) is 22.9. The van der Waals surface area contributed by atoms with Crippen molar-refractivity contribution in [1.29, 1.82) is 5.26 Å². The molecule has 1 aromatic heterocycles. The number of fused-ring (bicyclic) bond motifs is 2. The Morgan fingerprint density at radius 3 is 2.71 bits per heavy atom. The third-order valence-corrected chi connectivity index (χ3v) is 6.05. The number of para-hydroxylation sites is 1. The summed E-state index contributed by atoms with van der Waals surface area (Å²) in [4.78, 5) is 15.5. The van der Waals surface area contributed by atoms with E-state index in [4.69, 9.17) is 23.4 Å². The average Bonchev–Trinajstić information content (AvgIpc) is 2.89. The largest absolute Gasteiger partial charge is 0.488 e. The molecular weight excluding hydrogens is 455 g/mol. The number of hydrogen-bond donors (Lipinski definition) is 0. The maximum atomic E-state index is 15.0. The topological polar surface area (TPSA) is 94.2 Å². The number of allylic oxidation sites excluding steroid dienone is 1. The van der Waals surface area contributed by atoms with Crippen LogP contribution >= 0.6 is 0 Å². The molecule has 2 aliphatic rings. The predicted octanol–water partition coefficient (Wildman–Crippen LogP) is 3.55. The number of nitrogens with zero attached hydrogens (tertiary/aromatic N) is 2. The summed E-state index contributed by atoms with van der Waals surface area (Å²) in [5.74, 6) is -1.15. The molecule has 3 heterocycles. The van der Waals surface area contributed by atoms with Crippen LogP contribution in [-0.4, -0.2) is 51.5 Å². The summed E-state index contributed by atoms with van der Waals surface area (Å²) in [5, 5.41) is 10.6. The molecule has 1 fully saturated rings. The van der Waals surface area contributed by atoms with Gasteiger partial charge in [0.05, 0.1) is 36.7 Å². The average molecular weight is 478 g/mol. The zero-order chi connectivity index (χ0) is 24.4. The zero-order valence-corrected chi connectivity index (χ0v) is 19.1. The number of nitriles is 1. The molecule has 35 heavy (non-hydrogen) atoms. The fraction of sp³-hybridized carbons (Fsp3) is 0.308. The third kappa shape index (κ3) is 4.22.